The molecule has 2 nitrogen and oxygen atoms in total. The average Bonchev–Trinajstić information content (AvgIpc) is 2.37. The van der Waals surface area contributed by atoms with Crippen LogP contribution in [0.5, 0.6) is 5.75 Å². The molecule has 1 aliphatic heterocycles. The summed E-state index contributed by atoms with van der Waals surface area (Å²) in [4.78, 5) is 0. The lowest BCUT2D eigenvalue weighted by molar-refractivity contribution is -0.0556. The summed E-state index contributed by atoms with van der Waals surface area (Å²) in [5.74, 6) is 0.366. The summed E-state index contributed by atoms with van der Waals surface area (Å²) in [6.07, 6.45) is 6.11. The third-order valence-electron chi connectivity index (χ3n) is 3.84. The second kappa shape index (κ2) is 7.63. The minimum Gasteiger partial charge on any atom is -0.491 e. The van der Waals surface area contributed by atoms with Crippen molar-refractivity contribution in [1.82, 2.24) is 0 Å². The smallest absolute Gasteiger partial charge is 0.168 e. The predicted octanol–water partition coefficient (Wildman–Crippen LogP) is 4.68. The molecular formula is C17H25FO2. The van der Waals surface area contributed by atoms with Crippen molar-refractivity contribution in [2.75, 3.05) is 13.2 Å². The zero-order valence-corrected chi connectivity index (χ0v) is 12.5. The van der Waals surface area contributed by atoms with E-state index in [0.717, 1.165) is 31.4 Å². The first-order chi connectivity index (χ1) is 9.68. The third kappa shape index (κ3) is 4.20. The van der Waals surface area contributed by atoms with Gasteiger partial charge in [0, 0.05) is 6.61 Å². The van der Waals surface area contributed by atoms with Crippen LogP contribution < -0.4 is 4.74 Å². The lowest BCUT2D eigenvalue weighted by Gasteiger charge is -2.26. The molecule has 1 unspecified atom stereocenters. The molecule has 0 radical (unpaired) electrons. The summed E-state index contributed by atoms with van der Waals surface area (Å²) in [6.45, 7) is 5.50. The van der Waals surface area contributed by atoms with E-state index in [4.69, 9.17) is 9.47 Å². The number of hydrogen-bond donors (Lipinski definition) is 0. The molecule has 0 amide bonds. The van der Waals surface area contributed by atoms with E-state index in [1.54, 1.807) is 6.07 Å². The summed E-state index contributed by atoms with van der Waals surface area (Å²) in [5.41, 5.74) is 0.727. The maximum atomic E-state index is 14.1. The van der Waals surface area contributed by atoms with Gasteiger partial charge < -0.3 is 9.47 Å². The highest BCUT2D eigenvalue weighted by molar-refractivity contribution is 5.32. The zero-order valence-electron chi connectivity index (χ0n) is 12.5. The number of ether oxygens (including phenoxy) is 2. The van der Waals surface area contributed by atoms with E-state index in [1.807, 2.05) is 26.0 Å². The van der Waals surface area contributed by atoms with Gasteiger partial charge in [-0.25, -0.2) is 4.39 Å². The molecular weight excluding hydrogens is 255 g/mol. The lowest BCUT2D eigenvalue weighted by Crippen LogP contribution is -2.26. The molecule has 1 heterocycles. The zero-order chi connectivity index (χ0) is 14.4. The lowest BCUT2D eigenvalue weighted by atomic mass is 10.0. The molecule has 1 aliphatic rings. The first kappa shape index (κ1) is 15.3. The summed E-state index contributed by atoms with van der Waals surface area (Å²) >= 11 is 0. The maximum absolute atomic E-state index is 14.1. The van der Waals surface area contributed by atoms with E-state index in [2.05, 4.69) is 0 Å². The molecule has 0 N–H and O–H groups in total. The van der Waals surface area contributed by atoms with Gasteiger partial charge in [-0.1, -0.05) is 32.4 Å². The van der Waals surface area contributed by atoms with Crippen LogP contribution in [-0.4, -0.2) is 19.3 Å². The monoisotopic (exact) mass is 280 g/mol. The molecule has 3 heteroatoms. The largest absolute Gasteiger partial charge is 0.491 e. The molecule has 0 aliphatic carbocycles. The van der Waals surface area contributed by atoms with E-state index in [9.17, 15) is 4.39 Å². The van der Waals surface area contributed by atoms with E-state index in [1.165, 1.54) is 12.8 Å². The second-order valence-corrected chi connectivity index (χ2v) is 5.79. The molecule has 2 rings (SSSR count). The number of unbranched alkanes of at least 4 members (excludes halogenated alkanes) is 2. The van der Waals surface area contributed by atoms with Crippen molar-refractivity contribution in [3.63, 3.8) is 0 Å². The van der Waals surface area contributed by atoms with Crippen LogP contribution in [0.3, 0.4) is 0 Å². The highest BCUT2D eigenvalue weighted by Gasteiger charge is 2.16. The third-order valence-corrected chi connectivity index (χ3v) is 3.84. The summed E-state index contributed by atoms with van der Waals surface area (Å²) in [7, 11) is 0. The number of benzene rings is 1. The van der Waals surface area contributed by atoms with Gasteiger partial charge in [-0.3, -0.25) is 0 Å². The summed E-state index contributed by atoms with van der Waals surface area (Å²) in [5, 5.41) is 0. The van der Waals surface area contributed by atoms with Gasteiger partial charge >= 0.3 is 0 Å². The average molecular weight is 280 g/mol. The van der Waals surface area contributed by atoms with Crippen LogP contribution in [0.4, 0.5) is 4.39 Å². The molecule has 1 aromatic carbocycles. The van der Waals surface area contributed by atoms with Crippen molar-refractivity contribution in [2.45, 2.75) is 58.0 Å². The fraction of sp³-hybridized carbons (Fsp3) is 0.647. The van der Waals surface area contributed by atoms with Crippen LogP contribution >= 0.6 is 0 Å². The molecule has 1 atom stereocenters. The summed E-state index contributed by atoms with van der Waals surface area (Å²) in [6, 6.07) is 5.40. The SMILES string of the molecule is CC(C)c1cccc(OCCCCCC2CCO2)c1F. The highest BCUT2D eigenvalue weighted by atomic mass is 19.1. The van der Waals surface area contributed by atoms with Crippen LogP contribution in [0.25, 0.3) is 0 Å². The molecule has 112 valence electrons. The fourth-order valence-corrected chi connectivity index (χ4v) is 2.43. The maximum Gasteiger partial charge on any atom is 0.168 e. The van der Waals surface area contributed by atoms with E-state index in [-0.39, 0.29) is 11.7 Å². The normalized spacial score (nSPS) is 18.1. The fourth-order valence-electron chi connectivity index (χ4n) is 2.43. The Morgan fingerprint density at radius 3 is 2.75 bits per heavy atom. The minimum atomic E-state index is -0.203. The van der Waals surface area contributed by atoms with Gasteiger partial charge in [0.05, 0.1) is 12.7 Å². The second-order valence-electron chi connectivity index (χ2n) is 5.79. The van der Waals surface area contributed by atoms with E-state index < -0.39 is 0 Å². The van der Waals surface area contributed by atoms with Crippen molar-refractivity contribution in [3.05, 3.63) is 29.6 Å². The molecule has 0 aromatic heterocycles. The summed E-state index contributed by atoms with van der Waals surface area (Å²) < 4.78 is 25.1. The van der Waals surface area contributed by atoms with Gasteiger partial charge in [0.1, 0.15) is 0 Å². The Hall–Kier alpha value is -1.09. The molecule has 1 saturated heterocycles. The van der Waals surface area contributed by atoms with Gasteiger partial charge in [0.2, 0.25) is 0 Å². The van der Waals surface area contributed by atoms with Crippen LogP contribution in [-0.2, 0) is 4.74 Å². The van der Waals surface area contributed by atoms with Gasteiger partial charge in [0.15, 0.2) is 11.6 Å². The Morgan fingerprint density at radius 1 is 1.30 bits per heavy atom. The molecule has 20 heavy (non-hydrogen) atoms. The molecule has 0 bridgehead atoms. The van der Waals surface area contributed by atoms with Gasteiger partial charge in [0.25, 0.3) is 0 Å². The number of rotatable bonds is 8. The Morgan fingerprint density at radius 2 is 2.10 bits per heavy atom. The van der Waals surface area contributed by atoms with Crippen molar-refractivity contribution in [2.24, 2.45) is 0 Å². The quantitative estimate of drug-likeness (QED) is 0.644. The van der Waals surface area contributed by atoms with E-state index in [0.29, 0.717) is 18.5 Å². The molecule has 0 saturated carbocycles. The highest BCUT2D eigenvalue weighted by Crippen LogP contribution is 2.26. The van der Waals surface area contributed by atoms with Crippen molar-refractivity contribution in [3.8, 4) is 5.75 Å². The predicted molar refractivity (Wildman–Crippen MR) is 78.8 cm³/mol. The Labute approximate surface area is 121 Å². The van der Waals surface area contributed by atoms with Crippen LogP contribution in [0.1, 0.15) is 57.4 Å². The van der Waals surface area contributed by atoms with Crippen molar-refractivity contribution < 1.29 is 13.9 Å². The van der Waals surface area contributed by atoms with Crippen LogP contribution in [0.2, 0.25) is 0 Å². The molecule has 0 spiro atoms. The van der Waals surface area contributed by atoms with E-state index >= 15 is 0 Å². The standard InChI is InChI=1S/C17H25FO2/c1-13(2)15-8-6-9-16(17(15)18)20-11-5-3-4-7-14-10-12-19-14/h6,8-9,13-14H,3-5,7,10-12H2,1-2H3. The minimum absolute atomic E-state index is 0.182. The Kier molecular flexibility index (Phi) is 5.84. The van der Waals surface area contributed by atoms with Gasteiger partial charge in [-0.15, -0.1) is 0 Å². The number of hydrogen-bond acceptors (Lipinski definition) is 2. The van der Waals surface area contributed by atoms with Crippen molar-refractivity contribution >= 4 is 0 Å². The van der Waals surface area contributed by atoms with Crippen LogP contribution in [0.15, 0.2) is 18.2 Å². The number of halogens is 1. The molecule has 1 fully saturated rings. The topological polar surface area (TPSA) is 18.5 Å². The Balaban J connectivity index is 1.67. The Bertz CT molecular complexity index is 413. The van der Waals surface area contributed by atoms with Gasteiger partial charge in [-0.05, 0) is 43.2 Å². The van der Waals surface area contributed by atoms with Gasteiger partial charge in [-0.2, -0.15) is 0 Å². The molecule has 1 aromatic rings. The first-order valence-corrected chi connectivity index (χ1v) is 7.71. The van der Waals surface area contributed by atoms with Crippen LogP contribution in [0, 0.1) is 5.82 Å². The van der Waals surface area contributed by atoms with Crippen molar-refractivity contribution in [1.29, 1.82) is 0 Å². The first-order valence-electron chi connectivity index (χ1n) is 7.71.